The van der Waals surface area contributed by atoms with Crippen molar-refractivity contribution in [2.45, 2.75) is 44.1 Å². The molecule has 0 aliphatic heterocycles. The molecule has 19 heavy (non-hydrogen) atoms. The topological polar surface area (TPSA) is 24.9 Å². The Morgan fingerprint density at radius 2 is 1.74 bits per heavy atom. The van der Waals surface area contributed by atoms with E-state index in [4.69, 9.17) is 0 Å². The van der Waals surface area contributed by atoms with Crippen LogP contribution in [0, 0.1) is 23.6 Å². The fraction of sp³-hybridized carbons (Fsp3) is 0.667. The van der Waals surface area contributed by atoms with Gasteiger partial charge in [-0.1, -0.05) is 0 Å². The fourth-order valence-corrected chi connectivity index (χ4v) is 5.32. The van der Waals surface area contributed by atoms with Gasteiger partial charge in [0.25, 0.3) is 0 Å². The van der Waals surface area contributed by atoms with E-state index >= 15 is 0 Å². The van der Waals surface area contributed by atoms with Crippen LogP contribution in [-0.2, 0) is 0 Å². The Morgan fingerprint density at radius 3 is 2.26 bits per heavy atom. The molecule has 4 aliphatic rings. The molecule has 4 bridgehead atoms. The van der Waals surface area contributed by atoms with Crippen LogP contribution in [0.4, 0.5) is 10.2 Å². The molecule has 2 nitrogen and oxygen atoms in total. The minimum atomic E-state index is -0.245. The molecule has 4 saturated carbocycles. The third-order valence-electron chi connectivity index (χ3n) is 5.23. The van der Waals surface area contributed by atoms with E-state index in [1.165, 1.54) is 44.6 Å². The predicted molar refractivity (Wildman–Crippen MR) is 76.4 cm³/mol. The summed E-state index contributed by atoms with van der Waals surface area (Å²) in [4.78, 5) is 4.22. The zero-order valence-corrected chi connectivity index (χ0v) is 12.4. The second-order valence-corrected chi connectivity index (χ2v) is 7.72. The van der Waals surface area contributed by atoms with Gasteiger partial charge in [0, 0.05) is 16.2 Å². The number of halogens is 2. The van der Waals surface area contributed by atoms with Gasteiger partial charge < -0.3 is 5.32 Å². The first-order valence-electron chi connectivity index (χ1n) is 7.21. The summed E-state index contributed by atoms with van der Waals surface area (Å²) in [6.07, 6.45) is 9.49. The monoisotopic (exact) mass is 324 g/mol. The number of pyridine rings is 1. The van der Waals surface area contributed by atoms with Crippen LogP contribution in [0.2, 0.25) is 0 Å². The third-order valence-corrected chi connectivity index (χ3v) is 5.66. The zero-order chi connectivity index (χ0) is 13.0. The predicted octanol–water partition coefficient (Wildman–Crippen LogP) is 4.36. The van der Waals surface area contributed by atoms with E-state index in [1.807, 2.05) is 0 Å². The highest BCUT2D eigenvalue weighted by Gasteiger charge is 2.51. The van der Waals surface area contributed by atoms with E-state index in [2.05, 4.69) is 26.2 Å². The Balaban J connectivity index is 1.62. The SMILES string of the molecule is Fc1cc(Br)cnc1NC12CC3CC(CC(C3)C1)C2. The number of nitrogens with zero attached hydrogens (tertiary/aromatic N) is 1. The van der Waals surface area contributed by atoms with E-state index in [1.54, 1.807) is 6.20 Å². The van der Waals surface area contributed by atoms with Gasteiger partial charge in [0.15, 0.2) is 11.6 Å². The number of nitrogens with one attached hydrogen (secondary N) is 1. The van der Waals surface area contributed by atoms with Crippen LogP contribution < -0.4 is 5.32 Å². The molecule has 4 fully saturated rings. The lowest BCUT2D eigenvalue weighted by Crippen LogP contribution is -2.55. The average molecular weight is 325 g/mol. The molecule has 4 aliphatic carbocycles. The van der Waals surface area contributed by atoms with Crippen molar-refractivity contribution in [2.24, 2.45) is 17.8 Å². The molecule has 0 spiro atoms. The smallest absolute Gasteiger partial charge is 0.166 e. The Labute approximate surface area is 121 Å². The molecule has 0 saturated heterocycles. The molecule has 0 aromatic carbocycles. The van der Waals surface area contributed by atoms with Crippen molar-refractivity contribution >= 4 is 21.7 Å². The molecule has 1 aromatic rings. The summed E-state index contributed by atoms with van der Waals surface area (Å²) >= 11 is 3.26. The molecule has 1 N–H and O–H groups in total. The highest BCUT2D eigenvalue weighted by atomic mass is 79.9. The summed E-state index contributed by atoms with van der Waals surface area (Å²) in [7, 11) is 0. The first-order valence-corrected chi connectivity index (χ1v) is 8.00. The second-order valence-electron chi connectivity index (χ2n) is 6.81. The Kier molecular flexibility index (Phi) is 2.66. The molecule has 5 rings (SSSR count). The molecule has 0 atom stereocenters. The van der Waals surface area contributed by atoms with E-state index in [-0.39, 0.29) is 11.4 Å². The Morgan fingerprint density at radius 1 is 1.16 bits per heavy atom. The van der Waals surface area contributed by atoms with Gasteiger partial charge in [-0.15, -0.1) is 0 Å². The molecule has 1 heterocycles. The molecular weight excluding hydrogens is 307 g/mol. The van der Waals surface area contributed by atoms with Crippen molar-refractivity contribution in [2.75, 3.05) is 5.32 Å². The molecule has 0 radical (unpaired) electrons. The minimum absolute atomic E-state index is 0.121. The van der Waals surface area contributed by atoms with Crippen LogP contribution >= 0.6 is 15.9 Å². The highest BCUT2D eigenvalue weighted by Crippen LogP contribution is 2.56. The maximum absolute atomic E-state index is 14.0. The quantitative estimate of drug-likeness (QED) is 0.874. The van der Waals surface area contributed by atoms with E-state index in [9.17, 15) is 4.39 Å². The van der Waals surface area contributed by atoms with Gasteiger partial charge in [0.1, 0.15) is 0 Å². The maximum atomic E-state index is 14.0. The lowest BCUT2D eigenvalue weighted by Gasteiger charge is -2.57. The third kappa shape index (κ3) is 2.08. The van der Waals surface area contributed by atoms with E-state index in [0.717, 1.165) is 17.8 Å². The largest absolute Gasteiger partial charge is 0.362 e. The van der Waals surface area contributed by atoms with E-state index in [0.29, 0.717) is 10.3 Å². The van der Waals surface area contributed by atoms with Crippen molar-refractivity contribution in [3.05, 3.63) is 22.6 Å². The first-order chi connectivity index (χ1) is 9.12. The van der Waals surface area contributed by atoms with E-state index < -0.39 is 0 Å². The van der Waals surface area contributed by atoms with Gasteiger partial charge in [0.05, 0.1) is 0 Å². The van der Waals surface area contributed by atoms with Gasteiger partial charge in [0.2, 0.25) is 0 Å². The summed E-state index contributed by atoms with van der Waals surface area (Å²) in [5, 5.41) is 3.48. The van der Waals surface area contributed by atoms with Crippen molar-refractivity contribution in [1.82, 2.24) is 4.98 Å². The number of aromatic nitrogens is 1. The molecular formula is C15H18BrFN2. The normalized spacial score (nSPS) is 39.6. The fourth-order valence-electron chi connectivity index (χ4n) is 5.02. The first kappa shape index (κ1) is 12.1. The van der Waals surface area contributed by atoms with Crippen LogP contribution in [-0.4, -0.2) is 10.5 Å². The number of hydrogen-bond donors (Lipinski definition) is 1. The van der Waals surface area contributed by atoms with Crippen LogP contribution in [0.15, 0.2) is 16.7 Å². The van der Waals surface area contributed by atoms with Crippen LogP contribution in [0.1, 0.15) is 38.5 Å². The summed E-state index contributed by atoms with van der Waals surface area (Å²) in [6.45, 7) is 0. The van der Waals surface area contributed by atoms with Gasteiger partial charge in [-0.05, 0) is 78.3 Å². The zero-order valence-electron chi connectivity index (χ0n) is 10.8. The van der Waals surface area contributed by atoms with Crippen LogP contribution in [0.5, 0.6) is 0 Å². The summed E-state index contributed by atoms with van der Waals surface area (Å²) in [5.41, 5.74) is 0.121. The summed E-state index contributed by atoms with van der Waals surface area (Å²) in [5.74, 6) is 2.77. The molecule has 0 amide bonds. The minimum Gasteiger partial charge on any atom is -0.362 e. The Bertz CT molecular complexity index is 482. The highest BCUT2D eigenvalue weighted by molar-refractivity contribution is 9.10. The van der Waals surface area contributed by atoms with Crippen molar-refractivity contribution in [1.29, 1.82) is 0 Å². The van der Waals surface area contributed by atoms with Crippen LogP contribution in [0.3, 0.4) is 0 Å². The number of anilines is 1. The summed E-state index contributed by atoms with van der Waals surface area (Å²) < 4.78 is 14.7. The molecule has 102 valence electrons. The average Bonchev–Trinajstić information content (AvgIpc) is 2.31. The van der Waals surface area contributed by atoms with Crippen molar-refractivity contribution in [3.8, 4) is 0 Å². The number of hydrogen-bond acceptors (Lipinski definition) is 2. The molecule has 0 unspecified atom stereocenters. The Hall–Kier alpha value is -0.640. The summed E-state index contributed by atoms with van der Waals surface area (Å²) in [6, 6.07) is 1.50. The maximum Gasteiger partial charge on any atom is 0.166 e. The van der Waals surface area contributed by atoms with Crippen molar-refractivity contribution in [3.63, 3.8) is 0 Å². The standard InChI is InChI=1S/C15H18BrFN2/c16-12-4-13(17)14(18-8-12)19-15-5-9-1-10(6-15)3-11(2-9)7-15/h4,8-11H,1-3,5-7H2,(H,18,19). The van der Waals surface area contributed by atoms with Crippen LogP contribution in [0.25, 0.3) is 0 Å². The molecule has 1 aromatic heterocycles. The number of rotatable bonds is 2. The van der Waals surface area contributed by atoms with Crippen molar-refractivity contribution < 1.29 is 4.39 Å². The molecule has 4 heteroatoms. The van der Waals surface area contributed by atoms with Gasteiger partial charge in [-0.2, -0.15) is 0 Å². The lowest BCUT2D eigenvalue weighted by atomic mass is 9.53. The lowest BCUT2D eigenvalue weighted by molar-refractivity contribution is 0.0104. The van der Waals surface area contributed by atoms with Gasteiger partial charge in [-0.3, -0.25) is 0 Å². The second kappa shape index (κ2) is 4.18. The van der Waals surface area contributed by atoms with Gasteiger partial charge in [-0.25, -0.2) is 9.37 Å². The van der Waals surface area contributed by atoms with Gasteiger partial charge >= 0.3 is 0 Å².